The van der Waals surface area contributed by atoms with Crippen LogP contribution in [-0.2, 0) is 6.18 Å². The Morgan fingerprint density at radius 2 is 1.79 bits per heavy atom. The molecule has 9 heteroatoms. The van der Waals surface area contributed by atoms with Crippen LogP contribution in [0.3, 0.4) is 0 Å². The first kappa shape index (κ1) is 22.1. The molecule has 168 valence electrons. The topological polar surface area (TPSA) is 70.7 Å². The summed E-state index contributed by atoms with van der Waals surface area (Å²) in [5.41, 5.74) is 0.0922. The molecule has 33 heavy (non-hydrogen) atoms. The number of hydrogen-bond acceptors (Lipinski definition) is 5. The lowest BCUT2D eigenvalue weighted by molar-refractivity contribution is -0.137. The summed E-state index contributed by atoms with van der Waals surface area (Å²) in [6, 6.07) is 16.0. The molecule has 0 aliphatic rings. The predicted octanol–water partition coefficient (Wildman–Crippen LogP) is 4.74. The Morgan fingerprint density at radius 1 is 1.03 bits per heavy atom. The first-order valence-electron chi connectivity index (χ1n) is 9.89. The van der Waals surface area contributed by atoms with E-state index in [9.17, 15) is 23.1 Å². The number of halogens is 3. The minimum atomic E-state index is -4.55. The van der Waals surface area contributed by atoms with Crippen LogP contribution >= 0.6 is 0 Å². The lowest BCUT2D eigenvalue weighted by Crippen LogP contribution is -2.20. The van der Waals surface area contributed by atoms with Gasteiger partial charge in [-0.05, 0) is 36.4 Å². The zero-order valence-corrected chi connectivity index (χ0v) is 17.7. The third-order valence-corrected chi connectivity index (χ3v) is 5.04. The van der Waals surface area contributed by atoms with Gasteiger partial charge < -0.3 is 10.0 Å². The molecule has 0 saturated heterocycles. The molecule has 0 bridgehead atoms. The van der Waals surface area contributed by atoms with Gasteiger partial charge in [0.1, 0.15) is 5.75 Å². The molecule has 0 aliphatic heterocycles. The van der Waals surface area contributed by atoms with Gasteiger partial charge in [-0.25, -0.2) is 4.98 Å². The third-order valence-electron chi connectivity index (χ3n) is 5.04. The number of rotatable bonds is 4. The highest BCUT2D eigenvalue weighted by Gasteiger charge is 2.31. The Balaban J connectivity index is 1.90. The number of benzene rings is 3. The predicted molar refractivity (Wildman–Crippen MR) is 122 cm³/mol. The van der Waals surface area contributed by atoms with E-state index >= 15 is 0 Å². The van der Waals surface area contributed by atoms with Crippen LogP contribution in [0.1, 0.15) is 11.1 Å². The number of aromatic hydroxyl groups is 1. The van der Waals surface area contributed by atoms with Gasteiger partial charge in [-0.3, -0.25) is 4.79 Å². The molecule has 0 spiro atoms. The zero-order chi connectivity index (χ0) is 23.8. The minimum Gasteiger partial charge on any atom is -0.507 e. The molecule has 0 aliphatic carbocycles. The van der Waals surface area contributed by atoms with Gasteiger partial charge in [-0.15, -0.1) is 0 Å². The van der Waals surface area contributed by atoms with Crippen molar-refractivity contribution in [3.8, 4) is 17.1 Å². The molecule has 0 saturated carbocycles. The first-order valence-corrected chi connectivity index (χ1v) is 9.89. The minimum absolute atomic E-state index is 0.0505. The molecule has 1 heterocycles. The molecule has 0 unspecified atom stereocenters. The summed E-state index contributed by atoms with van der Waals surface area (Å²) >= 11 is 0. The fourth-order valence-electron chi connectivity index (χ4n) is 3.29. The second-order valence-corrected chi connectivity index (χ2v) is 7.53. The van der Waals surface area contributed by atoms with Gasteiger partial charge >= 0.3 is 6.18 Å². The molecule has 4 aromatic rings. The number of aromatic nitrogens is 2. The number of nitrogens with zero attached hydrogens (tertiary/aromatic N) is 4. The fraction of sp³-hybridized carbons (Fsp3) is 0.125. The Bertz CT molecular complexity index is 1430. The van der Waals surface area contributed by atoms with Gasteiger partial charge in [0, 0.05) is 37.0 Å². The largest absolute Gasteiger partial charge is 0.507 e. The van der Waals surface area contributed by atoms with Crippen LogP contribution in [0.25, 0.3) is 22.3 Å². The normalized spacial score (nSPS) is 11.9. The molecule has 1 N–H and O–H groups in total. The molecule has 1 aromatic heterocycles. The van der Waals surface area contributed by atoms with Crippen LogP contribution < -0.4 is 10.5 Å². The van der Waals surface area contributed by atoms with Crippen LogP contribution in [0.2, 0.25) is 0 Å². The summed E-state index contributed by atoms with van der Waals surface area (Å²) in [7, 11) is 3.65. The van der Waals surface area contributed by atoms with Crippen molar-refractivity contribution in [1.29, 1.82) is 0 Å². The zero-order valence-electron chi connectivity index (χ0n) is 17.7. The van der Waals surface area contributed by atoms with Gasteiger partial charge in [-0.1, -0.05) is 24.3 Å². The highest BCUT2D eigenvalue weighted by molar-refractivity contribution is 5.85. The third kappa shape index (κ3) is 4.43. The SMILES string of the molecule is CN(C)c1ccc(C=Nn2c(-c3cccc(C(F)(F)F)c3)nc3ccccc3c2=O)c(O)c1. The van der Waals surface area contributed by atoms with E-state index in [0.29, 0.717) is 11.1 Å². The number of phenolic OH excluding ortho intramolecular Hbond substituents is 1. The Hall–Kier alpha value is -4.14. The number of para-hydroxylation sites is 1. The molecule has 6 nitrogen and oxygen atoms in total. The standard InChI is InChI=1S/C24H19F3N4O2/c1-30(2)18-11-10-16(21(32)13-18)14-28-31-22(15-6-5-7-17(12-15)24(25,26)27)29-20-9-4-3-8-19(20)23(31)33/h3-14,32H,1-2H3. The molecule has 4 rings (SSSR count). The van der Waals surface area contributed by atoms with Crippen LogP contribution in [0, 0.1) is 0 Å². The second-order valence-electron chi connectivity index (χ2n) is 7.53. The maximum atomic E-state index is 13.3. The second kappa shape index (κ2) is 8.42. The number of hydrogen-bond donors (Lipinski definition) is 1. The average molecular weight is 452 g/mol. The van der Waals surface area contributed by atoms with E-state index in [1.807, 2.05) is 19.0 Å². The van der Waals surface area contributed by atoms with E-state index < -0.39 is 17.3 Å². The molecule has 3 aromatic carbocycles. The monoisotopic (exact) mass is 452 g/mol. The van der Waals surface area contributed by atoms with Crippen LogP contribution in [0.4, 0.5) is 18.9 Å². The molecular weight excluding hydrogens is 433 g/mol. The highest BCUT2D eigenvalue weighted by Crippen LogP contribution is 2.32. The average Bonchev–Trinajstić information content (AvgIpc) is 2.78. The molecular formula is C24H19F3N4O2. The van der Waals surface area contributed by atoms with Crippen molar-refractivity contribution in [2.45, 2.75) is 6.18 Å². The molecule has 0 fully saturated rings. The number of phenols is 1. The van der Waals surface area contributed by atoms with Gasteiger partial charge in [0.05, 0.1) is 22.7 Å². The number of fused-ring (bicyclic) bond motifs is 1. The van der Waals surface area contributed by atoms with E-state index in [-0.39, 0.29) is 22.5 Å². The Kier molecular flexibility index (Phi) is 5.63. The van der Waals surface area contributed by atoms with Crippen molar-refractivity contribution >= 4 is 22.8 Å². The van der Waals surface area contributed by atoms with Crippen molar-refractivity contribution in [2.24, 2.45) is 5.10 Å². The quantitative estimate of drug-likeness (QED) is 0.454. The van der Waals surface area contributed by atoms with Crippen molar-refractivity contribution in [3.63, 3.8) is 0 Å². The van der Waals surface area contributed by atoms with Gasteiger partial charge in [0.15, 0.2) is 5.82 Å². The van der Waals surface area contributed by atoms with E-state index in [1.165, 1.54) is 24.4 Å². The molecule has 0 amide bonds. The number of alkyl halides is 3. The van der Waals surface area contributed by atoms with E-state index in [1.54, 1.807) is 36.4 Å². The fourth-order valence-corrected chi connectivity index (χ4v) is 3.29. The summed E-state index contributed by atoms with van der Waals surface area (Å²) in [5.74, 6) is -0.113. The highest BCUT2D eigenvalue weighted by atomic mass is 19.4. The summed E-state index contributed by atoms with van der Waals surface area (Å²) in [5, 5.41) is 14.8. The van der Waals surface area contributed by atoms with Gasteiger partial charge in [-0.2, -0.15) is 22.9 Å². The lowest BCUT2D eigenvalue weighted by atomic mass is 10.1. The van der Waals surface area contributed by atoms with Crippen molar-refractivity contribution < 1.29 is 18.3 Å². The van der Waals surface area contributed by atoms with Gasteiger partial charge in [0.2, 0.25) is 0 Å². The smallest absolute Gasteiger partial charge is 0.416 e. The summed E-state index contributed by atoms with van der Waals surface area (Å²) in [6.45, 7) is 0. The van der Waals surface area contributed by atoms with Crippen LogP contribution in [0.15, 0.2) is 76.6 Å². The molecule has 0 radical (unpaired) electrons. The summed E-state index contributed by atoms with van der Waals surface area (Å²) < 4.78 is 40.8. The maximum absolute atomic E-state index is 13.3. The van der Waals surface area contributed by atoms with Crippen molar-refractivity contribution in [1.82, 2.24) is 9.66 Å². The number of anilines is 1. The van der Waals surface area contributed by atoms with E-state index in [2.05, 4.69) is 10.1 Å². The molecule has 0 atom stereocenters. The Labute approximate surface area is 186 Å². The first-order chi connectivity index (χ1) is 15.6. The van der Waals surface area contributed by atoms with Gasteiger partial charge in [0.25, 0.3) is 5.56 Å². The lowest BCUT2D eigenvalue weighted by Gasteiger charge is -2.13. The Morgan fingerprint density at radius 3 is 2.48 bits per heavy atom. The van der Waals surface area contributed by atoms with Crippen LogP contribution in [0.5, 0.6) is 5.75 Å². The van der Waals surface area contributed by atoms with Crippen molar-refractivity contribution in [2.75, 3.05) is 19.0 Å². The maximum Gasteiger partial charge on any atom is 0.416 e. The van der Waals surface area contributed by atoms with E-state index in [4.69, 9.17) is 0 Å². The van der Waals surface area contributed by atoms with E-state index in [0.717, 1.165) is 22.5 Å². The summed E-state index contributed by atoms with van der Waals surface area (Å²) in [6.07, 6.45) is -3.29. The van der Waals surface area contributed by atoms with Crippen LogP contribution in [-0.4, -0.2) is 35.1 Å². The summed E-state index contributed by atoms with van der Waals surface area (Å²) in [4.78, 5) is 19.4. The van der Waals surface area contributed by atoms with Crippen molar-refractivity contribution in [3.05, 3.63) is 88.2 Å².